The van der Waals surface area contributed by atoms with Crippen LogP contribution in [0.25, 0.3) is 11.2 Å². The number of aliphatic hydroxyl groups excluding tert-OH is 5. The number of carbonyl (C=O) groups is 1. The molecule has 3 heterocycles. The second kappa shape index (κ2) is 11.5. The Morgan fingerprint density at radius 2 is 1.89 bits per heavy atom. The highest BCUT2D eigenvalue weighted by Gasteiger charge is 2.48. The molecule has 0 bridgehead atoms. The van der Waals surface area contributed by atoms with Crippen molar-refractivity contribution >= 4 is 39.0 Å². The molecule has 22 heteroatoms. The van der Waals surface area contributed by atoms with E-state index in [9.17, 15) is 44.3 Å². The highest BCUT2D eigenvalue weighted by Crippen LogP contribution is 2.62. The van der Waals surface area contributed by atoms with Crippen molar-refractivity contribution in [1.29, 1.82) is 0 Å². The van der Waals surface area contributed by atoms with E-state index in [1.54, 1.807) is 0 Å². The number of nitrogens with two attached hydrogens (primary N) is 1. The van der Waals surface area contributed by atoms with Gasteiger partial charge in [0.2, 0.25) is 5.95 Å². The van der Waals surface area contributed by atoms with E-state index >= 15 is 0 Å². The van der Waals surface area contributed by atoms with Crippen molar-refractivity contribution in [2.45, 2.75) is 55.9 Å². The Balaban J connectivity index is 1.81. The molecule has 0 aromatic carbocycles. The summed E-state index contributed by atoms with van der Waals surface area (Å²) in [4.78, 5) is 51.5. The Labute approximate surface area is 211 Å². The molecule has 38 heavy (non-hydrogen) atoms. The number of aldehydes is 1. The predicted molar refractivity (Wildman–Crippen MR) is 120 cm³/mol. The number of phosphoric ester groups is 1. The predicted octanol–water partition coefficient (Wildman–Crippen LogP) is -3.76. The first-order valence-corrected chi connectivity index (χ1v) is 13.5. The normalized spacial score (nSPS) is 27.1. The van der Waals surface area contributed by atoms with Crippen LogP contribution in [0.4, 0.5) is 5.95 Å². The van der Waals surface area contributed by atoms with Crippen LogP contribution in [0.2, 0.25) is 0 Å². The van der Waals surface area contributed by atoms with Gasteiger partial charge in [-0.1, -0.05) is 0 Å². The lowest BCUT2D eigenvalue weighted by Gasteiger charge is -2.28. The third-order valence-electron chi connectivity index (χ3n) is 5.23. The molecular formula is C16H25N5O15P2. The zero-order valence-corrected chi connectivity index (χ0v) is 21.0. The fourth-order valence-corrected chi connectivity index (χ4v) is 5.64. The van der Waals surface area contributed by atoms with Crippen LogP contribution in [0.5, 0.6) is 0 Å². The van der Waals surface area contributed by atoms with Gasteiger partial charge in [0, 0.05) is 0 Å². The smallest absolute Gasteiger partial charge is 0.391 e. The van der Waals surface area contributed by atoms with Crippen molar-refractivity contribution in [1.82, 2.24) is 19.5 Å². The number of phosphoric acid groups is 2. The first kappa shape index (κ1) is 30.4. The number of nitrogens with one attached hydrogen (secondary N) is 1. The molecule has 1 saturated heterocycles. The molecule has 0 radical (unpaired) electrons. The number of H-pyrrole nitrogens is 1. The van der Waals surface area contributed by atoms with Gasteiger partial charge in [0.05, 0.1) is 19.0 Å². The molecule has 20 nitrogen and oxygen atoms in total. The molecule has 2 aromatic rings. The zero-order chi connectivity index (χ0) is 28.6. The third-order valence-corrected chi connectivity index (χ3v) is 7.85. The summed E-state index contributed by atoms with van der Waals surface area (Å²) < 4.78 is 44.3. The van der Waals surface area contributed by atoms with E-state index in [1.165, 1.54) is 0 Å². The maximum Gasteiger partial charge on any atom is 0.484 e. The minimum Gasteiger partial charge on any atom is -0.391 e. The Hall–Kier alpha value is -2.16. The van der Waals surface area contributed by atoms with Gasteiger partial charge in [-0.25, -0.2) is 14.1 Å². The third kappa shape index (κ3) is 6.69. The second-order valence-corrected chi connectivity index (χ2v) is 11.1. The molecule has 10 N–H and O–H groups in total. The quantitative estimate of drug-likeness (QED) is 0.0847. The van der Waals surface area contributed by atoms with Crippen LogP contribution in [0.15, 0.2) is 11.1 Å². The number of hydrogen-bond acceptors (Lipinski definition) is 16. The van der Waals surface area contributed by atoms with Gasteiger partial charge >= 0.3 is 15.6 Å². The van der Waals surface area contributed by atoms with Crippen LogP contribution >= 0.6 is 15.6 Å². The number of imidazole rings is 1. The van der Waals surface area contributed by atoms with Crippen LogP contribution < -0.4 is 11.3 Å². The van der Waals surface area contributed by atoms with Gasteiger partial charge in [-0.3, -0.25) is 23.4 Å². The van der Waals surface area contributed by atoms with E-state index < -0.39 is 76.8 Å². The number of rotatable bonds is 12. The van der Waals surface area contributed by atoms with E-state index in [2.05, 4.69) is 23.8 Å². The van der Waals surface area contributed by atoms with Crippen LogP contribution in [0, 0.1) is 0 Å². The number of aromatic nitrogens is 4. The molecule has 3 rings (SSSR count). The van der Waals surface area contributed by atoms with E-state index in [4.69, 9.17) is 24.8 Å². The van der Waals surface area contributed by atoms with E-state index in [0.29, 0.717) is 0 Å². The summed E-state index contributed by atoms with van der Waals surface area (Å²) >= 11 is 0. The molecule has 0 aliphatic carbocycles. The van der Waals surface area contributed by atoms with Gasteiger partial charge in [-0.2, -0.15) is 9.29 Å². The van der Waals surface area contributed by atoms with Crippen molar-refractivity contribution in [3.63, 3.8) is 0 Å². The Morgan fingerprint density at radius 1 is 1.24 bits per heavy atom. The second-order valence-electron chi connectivity index (χ2n) is 8.06. The fraction of sp³-hybridized carbons (Fsp3) is 0.625. The van der Waals surface area contributed by atoms with Crippen LogP contribution in [0.3, 0.4) is 0 Å². The minimum atomic E-state index is -5.64. The molecule has 1 fully saturated rings. The average molecular weight is 589 g/mol. The van der Waals surface area contributed by atoms with Crippen molar-refractivity contribution in [3.05, 3.63) is 16.7 Å². The number of fused-ring (bicyclic) bond motifs is 1. The van der Waals surface area contributed by atoms with Crippen LogP contribution in [-0.4, -0.2) is 110 Å². The summed E-state index contributed by atoms with van der Waals surface area (Å²) in [5.41, 5.74) is 4.49. The monoisotopic (exact) mass is 589 g/mol. The van der Waals surface area contributed by atoms with Crippen LogP contribution in [0.1, 0.15) is 13.2 Å². The molecule has 1 unspecified atom stereocenters. The molecule has 1 aliphatic rings. The number of nitrogen functional groups attached to an aromatic ring is 1. The first-order valence-electron chi connectivity index (χ1n) is 10.5. The van der Waals surface area contributed by atoms with Crippen molar-refractivity contribution in [2.75, 3.05) is 12.3 Å². The molecule has 0 spiro atoms. The van der Waals surface area contributed by atoms with E-state index in [1.807, 2.05) is 0 Å². The standard InChI is InChI=1S/C16H25N5O15P2/c1-5(23)9(24)10(25)6(2-22)35-38(32,36-37(29,30)31)33-3-7-11(26)12(27)15(34-7)21-4-18-8-13(21)19-16(17)20-14(8)28/h2,4-7,9-12,15,23-27H,3H2,1H3,(H2,29,30,31)(H3,17,19,20,28)/t5-,6+,7-,9+,10-,11-,12-,15-,38?/m1/s1. The summed E-state index contributed by atoms with van der Waals surface area (Å²) in [6, 6.07) is 0. The van der Waals surface area contributed by atoms with Gasteiger partial charge in [0.25, 0.3) is 5.56 Å². The molecule has 214 valence electrons. The first-order chi connectivity index (χ1) is 17.6. The van der Waals surface area contributed by atoms with Gasteiger partial charge in [0.1, 0.15) is 30.5 Å². The molecule has 9 atom stereocenters. The largest absolute Gasteiger partial charge is 0.484 e. The van der Waals surface area contributed by atoms with E-state index in [0.717, 1.165) is 17.8 Å². The topological polar surface area (TPSA) is 319 Å². The zero-order valence-electron chi connectivity index (χ0n) is 19.2. The summed E-state index contributed by atoms with van der Waals surface area (Å²) in [5, 5.41) is 50.0. The fourth-order valence-electron chi connectivity index (χ4n) is 3.39. The lowest BCUT2D eigenvalue weighted by molar-refractivity contribution is -0.132. The summed E-state index contributed by atoms with van der Waals surface area (Å²) in [7, 11) is -11.1. The van der Waals surface area contributed by atoms with Gasteiger partial charge in [-0.15, -0.1) is 0 Å². The SMILES string of the molecule is C[C@@H](O)[C@H](O)[C@H](O)[C@H](C=O)OP(=O)(OC[C@H]1O[C@@H](n2cnc3c(=O)[nH]c(N)nc32)[C@H](O)[C@@H]1O)OP(=O)(O)O. The molecule has 2 aromatic heterocycles. The van der Waals surface area contributed by atoms with Crippen molar-refractivity contribution in [3.8, 4) is 0 Å². The molecule has 1 aliphatic heterocycles. The Kier molecular flexibility index (Phi) is 9.21. The summed E-state index contributed by atoms with van der Waals surface area (Å²) in [5.74, 6) is -0.294. The van der Waals surface area contributed by atoms with Crippen molar-refractivity contribution in [2.24, 2.45) is 0 Å². The highest BCUT2D eigenvalue weighted by atomic mass is 31.3. The number of nitrogens with zero attached hydrogens (tertiary/aromatic N) is 3. The number of ether oxygens (including phenoxy) is 1. The van der Waals surface area contributed by atoms with Crippen LogP contribution in [-0.2, 0) is 32.0 Å². The van der Waals surface area contributed by atoms with Gasteiger partial charge in [-0.05, 0) is 6.92 Å². The summed E-state index contributed by atoms with van der Waals surface area (Å²) in [6.07, 6.45) is -13.9. The lowest BCUT2D eigenvalue weighted by Crippen LogP contribution is -2.45. The number of anilines is 1. The highest BCUT2D eigenvalue weighted by molar-refractivity contribution is 7.61. The number of carbonyl (C=O) groups excluding carboxylic acids is 1. The average Bonchev–Trinajstić information content (AvgIpc) is 3.35. The number of aromatic amines is 1. The molecular weight excluding hydrogens is 564 g/mol. The lowest BCUT2D eigenvalue weighted by atomic mass is 10.1. The molecule has 0 amide bonds. The maximum absolute atomic E-state index is 12.9. The number of hydrogen-bond donors (Lipinski definition) is 9. The van der Waals surface area contributed by atoms with E-state index in [-0.39, 0.29) is 23.4 Å². The van der Waals surface area contributed by atoms with Gasteiger partial charge in [0.15, 0.2) is 29.8 Å². The number of aliphatic hydroxyl groups is 5. The summed E-state index contributed by atoms with van der Waals surface area (Å²) in [6.45, 7) is -0.0165. The van der Waals surface area contributed by atoms with Crippen molar-refractivity contribution < 1.29 is 67.3 Å². The maximum atomic E-state index is 12.9. The Bertz CT molecular complexity index is 1300. The van der Waals surface area contributed by atoms with Gasteiger partial charge < -0.3 is 50.6 Å². The minimum absolute atomic E-state index is 0.137. The molecule has 0 saturated carbocycles. The Morgan fingerprint density at radius 3 is 2.47 bits per heavy atom.